The van der Waals surface area contributed by atoms with Gasteiger partial charge in [-0.05, 0) is 19.4 Å². The number of amides is 2. The molecule has 0 bridgehead atoms. The monoisotopic (exact) mass is 331 g/mol. The van der Waals surface area contributed by atoms with Gasteiger partial charge in [-0.1, -0.05) is 39.0 Å². The summed E-state index contributed by atoms with van der Waals surface area (Å²) in [5, 5.41) is 25.9. The van der Waals surface area contributed by atoms with Gasteiger partial charge in [0.15, 0.2) is 0 Å². The number of carboxylic acid groups (broad SMARTS) is 1. The lowest BCUT2D eigenvalue weighted by Gasteiger charge is -2.29. The Morgan fingerprint density at radius 2 is 1.78 bits per heavy atom. The minimum atomic E-state index is -0.833. The second-order valence-corrected chi connectivity index (χ2v) is 5.85. The van der Waals surface area contributed by atoms with Crippen molar-refractivity contribution in [2.24, 2.45) is 0 Å². The van der Waals surface area contributed by atoms with E-state index in [-0.39, 0.29) is 12.1 Å². The maximum absolute atomic E-state index is 11.6. The zero-order chi connectivity index (χ0) is 17.5. The highest BCUT2D eigenvalue weighted by molar-refractivity contribution is 5.74. The van der Waals surface area contributed by atoms with Crippen molar-refractivity contribution >= 4 is 12.0 Å². The molecule has 7 nitrogen and oxygen atoms in total. The average Bonchev–Trinajstić information content (AvgIpc) is 2.48. The number of aliphatic hydroxyl groups excluding tert-OH is 1. The van der Waals surface area contributed by atoms with Crippen molar-refractivity contribution in [2.45, 2.75) is 70.9 Å². The van der Waals surface area contributed by atoms with Gasteiger partial charge in [-0.15, -0.1) is 0 Å². The van der Waals surface area contributed by atoms with E-state index in [9.17, 15) is 9.90 Å². The summed E-state index contributed by atoms with van der Waals surface area (Å²) >= 11 is 0. The molecule has 7 heteroatoms. The van der Waals surface area contributed by atoms with Gasteiger partial charge in [-0.25, -0.2) is 4.79 Å². The largest absolute Gasteiger partial charge is 0.481 e. The molecule has 0 aromatic rings. The molecule has 0 radical (unpaired) electrons. The Kier molecular flexibility index (Phi) is 13.4. The first-order valence-corrected chi connectivity index (χ1v) is 8.60. The van der Waals surface area contributed by atoms with Crippen LogP contribution < -0.4 is 16.0 Å². The van der Waals surface area contributed by atoms with Crippen molar-refractivity contribution < 1.29 is 19.8 Å². The van der Waals surface area contributed by atoms with Gasteiger partial charge < -0.3 is 26.2 Å². The number of nitrogens with one attached hydrogen (secondary N) is 3. The number of β-amino-alcohol motifs (C(OH)–C–C–N with tert-alkyl or cyclic N) is 1. The summed E-state index contributed by atoms with van der Waals surface area (Å²) in [6.07, 6.45) is 7.64. The topological polar surface area (TPSA) is 111 Å². The molecule has 2 amide bonds. The van der Waals surface area contributed by atoms with Crippen molar-refractivity contribution in [3.05, 3.63) is 0 Å². The maximum atomic E-state index is 11.6. The second kappa shape index (κ2) is 14.3. The third kappa shape index (κ3) is 14.0. The van der Waals surface area contributed by atoms with E-state index >= 15 is 0 Å². The Labute approximate surface area is 139 Å². The van der Waals surface area contributed by atoms with E-state index in [2.05, 4.69) is 22.9 Å². The predicted molar refractivity (Wildman–Crippen MR) is 90.5 cm³/mol. The Hall–Kier alpha value is -1.34. The molecule has 1 fully saturated rings. The minimum absolute atomic E-state index is 0.120. The summed E-state index contributed by atoms with van der Waals surface area (Å²) in [6, 6.07) is -0.273. The maximum Gasteiger partial charge on any atom is 0.315 e. The van der Waals surface area contributed by atoms with Gasteiger partial charge in [-0.2, -0.15) is 0 Å². The van der Waals surface area contributed by atoms with Gasteiger partial charge in [0.2, 0.25) is 0 Å². The lowest BCUT2D eigenvalue weighted by molar-refractivity contribution is -0.134. The number of aliphatic hydroxyl groups is 1. The highest BCUT2D eigenvalue weighted by Crippen LogP contribution is 2.05. The van der Waals surface area contributed by atoms with Crippen LogP contribution in [-0.2, 0) is 4.79 Å². The van der Waals surface area contributed by atoms with Crippen LogP contribution in [0.3, 0.4) is 0 Å². The fourth-order valence-corrected chi connectivity index (χ4v) is 2.34. The number of unbranched alkanes of at least 4 members (excludes halogenated alkanes) is 5. The molecule has 136 valence electrons. The molecule has 1 heterocycles. The number of hydrogen-bond acceptors (Lipinski definition) is 4. The van der Waals surface area contributed by atoms with Crippen LogP contribution in [0, 0.1) is 0 Å². The molecule has 0 aromatic carbocycles. The van der Waals surface area contributed by atoms with Crippen LogP contribution in [0.2, 0.25) is 0 Å². The third-order valence-electron chi connectivity index (χ3n) is 3.58. The molecule has 0 aliphatic carbocycles. The van der Waals surface area contributed by atoms with Crippen LogP contribution in [0.1, 0.15) is 58.8 Å². The zero-order valence-electron chi connectivity index (χ0n) is 14.4. The normalized spacial score (nSPS) is 20.1. The van der Waals surface area contributed by atoms with E-state index in [1.54, 1.807) is 0 Å². The first-order valence-electron chi connectivity index (χ1n) is 8.60. The van der Waals surface area contributed by atoms with Gasteiger partial charge in [0, 0.05) is 20.0 Å². The third-order valence-corrected chi connectivity index (χ3v) is 3.58. The van der Waals surface area contributed by atoms with Crippen LogP contribution in [0.4, 0.5) is 4.79 Å². The van der Waals surface area contributed by atoms with E-state index < -0.39 is 12.1 Å². The highest BCUT2D eigenvalue weighted by Gasteiger charge is 2.23. The molecule has 23 heavy (non-hydrogen) atoms. The highest BCUT2D eigenvalue weighted by atomic mass is 16.4. The first-order chi connectivity index (χ1) is 11.0. The molecule has 0 spiro atoms. The Bertz CT molecular complexity index is 322. The van der Waals surface area contributed by atoms with Crippen LogP contribution in [0.15, 0.2) is 0 Å². The van der Waals surface area contributed by atoms with Gasteiger partial charge >= 0.3 is 6.03 Å². The molecular formula is C16H33N3O4. The predicted octanol–water partition coefficient (Wildman–Crippen LogP) is 1.46. The van der Waals surface area contributed by atoms with E-state index in [1.807, 2.05) is 0 Å². The Morgan fingerprint density at radius 1 is 1.17 bits per heavy atom. The lowest BCUT2D eigenvalue weighted by atomic mass is 10.0. The fourth-order valence-electron chi connectivity index (χ4n) is 2.34. The molecule has 0 aromatic heterocycles. The standard InChI is InChI=1S/C14H29N3O2.C2H4O2/c1-2-3-4-5-6-7-9-16-14(19)17-12-8-10-15-11-13(12)18;1-2(3)4/h12-13,15,18H,2-11H2,1H3,(H2,16,17,19);1H3,(H,3,4)/t12-,13-;/m1./s1. The summed E-state index contributed by atoms with van der Waals surface area (Å²) in [4.78, 5) is 20.6. The number of rotatable bonds is 8. The summed E-state index contributed by atoms with van der Waals surface area (Å²) in [5.74, 6) is -0.833. The summed E-state index contributed by atoms with van der Waals surface area (Å²) in [5.41, 5.74) is 0. The van der Waals surface area contributed by atoms with Crippen LogP contribution in [0.5, 0.6) is 0 Å². The summed E-state index contributed by atoms with van der Waals surface area (Å²) in [7, 11) is 0. The van der Waals surface area contributed by atoms with Crippen molar-refractivity contribution in [1.29, 1.82) is 0 Å². The molecular weight excluding hydrogens is 298 g/mol. The molecule has 1 rings (SSSR count). The van der Waals surface area contributed by atoms with Gasteiger partial charge in [-0.3, -0.25) is 4.79 Å². The summed E-state index contributed by atoms with van der Waals surface area (Å²) in [6.45, 7) is 5.42. The molecule has 5 N–H and O–H groups in total. The van der Waals surface area contributed by atoms with Crippen molar-refractivity contribution in [1.82, 2.24) is 16.0 Å². The first kappa shape index (κ1) is 21.7. The van der Waals surface area contributed by atoms with Crippen LogP contribution in [0.25, 0.3) is 0 Å². The van der Waals surface area contributed by atoms with Crippen molar-refractivity contribution in [2.75, 3.05) is 19.6 Å². The molecule has 2 atom stereocenters. The number of carbonyl (C=O) groups excluding carboxylic acids is 1. The number of carbonyl (C=O) groups is 2. The smallest absolute Gasteiger partial charge is 0.315 e. The van der Waals surface area contributed by atoms with Gasteiger partial charge in [0.05, 0.1) is 12.1 Å². The molecule has 0 unspecified atom stereocenters. The van der Waals surface area contributed by atoms with E-state index in [4.69, 9.17) is 9.90 Å². The van der Waals surface area contributed by atoms with Gasteiger partial charge in [0.1, 0.15) is 0 Å². The number of piperidine rings is 1. The van der Waals surface area contributed by atoms with Crippen molar-refractivity contribution in [3.8, 4) is 0 Å². The molecule has 1 aliphatic rings. The SMILES string of the molecule is CC(=O)O.CCCCCCCCNC(=O)N[C@@H]1CCNC[C@H]1O. The lowest BCUT2D eigenvalue weighted by Crippen LogP contribution is -2.54. The fraction of sp³-hybridized carbons (Fsp3) is 0.875. The number of carboxylic acids is 1. The van der Waals surface area contributed by atoms with Gasteiger partial charge in [0.25, 0.3) is 5.97 Å². The van der Waals surface area contributed by atoms with E-state index in [0.29, 0.717) is 6.54 Å². The molecule has 1 aliphatic heterocycles. The second-order valence-electron chi connectivity index (χ2n) is 5.85. The minimum Gasteiger partial charge on any atom is -0.481 e. The Morgan fingerprint density at radius 3 is 2.39 bits per heavy atom. The number of aliphatic carboxylic acids is 1. The van der Waals surface area contributed by atoms with E-state index in [0.717, 1.165) is 32.9 Å². The molecule has 0 saturated carbocycles. The Balaban J connectivity index is 0.00000108. The average molecular weight is 331 g/mol. The van der Waals surface area contributed by atoms with E-state index in [1.165, 1.54) is 32.1 Å². The van der Waals surface area contributed by atoms with Crippen molar-refractivity contribution in [3.63, 3.8) is 0 Å². The quantitative estimate of drug-likeness (QED) is 0.432. The zero-order valence-corrected chi connectivity index (χ0v) is 14.4. The van der Waals surface area contributed by atoms with Crippen LogP contribution >= 0.6 is 0 Å². The van der Waals surface area contributed by atoms with Crippen LogP contribution in [-0.4, -0.2) is 54.0 Å². The number of urea groups is 1. The number of hydrogen-bond donors (Lipinski definition) is 5. The summed E-state index contributed by atoms with van der Waals surface area (Å²) < 4.78 is 0. The molecule has 1 saturated heterocycles.